The van der Waals surface area contributed by atoms with Crippen LogP contribution in [0, 0.1) is 0 Å². The van der Waals surface area contributed by atoms with Crippen molar-refractivity contribution in [1.29, 1.82) is 0 Å². The van der Waals surface area contributed by atoms with Crippen LogP contribution < -0.4 is 24.8 Å². The molecule has 0 radical (unpaired) electrons. The summed E-state index contributed by atoms with van der Waals surface area (Å²) < 4.78 is 17.5. The summed E-state index contributed by atoms with van der Waals surface area (Å²) >= 11 is 0. The van der Waals surface area contributed by atoms with Gasteiger partial charge in [-0.3, -0.25) is 9.59 Å². The van der Waals surface area contributed by atoms with Gasteiger partial charge in [-0.25, -0.2) is 0 Å². The zero-order valence-electron chi connectivity index (χ0n) is 29.6. The van der Waals surface area contributed by atoms with Crippen LogP contribution in [0.3, 0.4) is 0 Å². The topological polar surface area (TPSA) is 106 Å². The normalized spacial score (nSPS) is 10.9. The molecular weight excluding hydrogens is 628 g/mol. The van der Waals surface area contributed by atoms with Crippen molar-refractivity contribution in [2.45, 2.75) is 90.5 Å². The first-order valence-electron chi connectivity index (χ1n) is 18.4. The third-order valence-corrected chi connectivity index (χ3v) is 8.69. The van der Waals surface area contributed by atoms with E-state index in [1.165, 1.54) is 63.9 Å². The molecule has 0 fully saturated rings. The van der Waals surface area contributed by atoms with Gasteiger partial charge < -0.3 is 30.0 Å². The number of hydrogen-bond donors (Lipinski definition) is 3. The van der Waals surface area contributed by atoms with E-state index in [9.17, 15) is 14.7 Å². The summed E-state index contributed by atoms with van der Waals surface area (Å²) in [5.41, 5.74) is 1.51. The molecule has 0 aliphatic rings. The van der Waals surface area contributed by atoms with Crippen LogP contribution in [-0.2, 0) is 6.54 Å². The molecule has 0 saturated heterocycles. The second kappa shape index (κ2) is 22.2. The summed E-state index contributed by atoms with van der Waals surface area (Å²) in [6, 6.07) is 26.1. The molecule has 0 aliphatic carbocycles. The SMILES string of the molecule is CCCCCCCCCCCCOc1cccc(OCCCCNC(=O)c2cc(C(=O)NCc3ccccc3)c3ccccc3c2OCO)c1. The van der Waals surface area contributed by atoms with Gasteiger partial charge in [0, 0.05) is 30.1 Å². The Labute approximate surface area is 297 Å². The number of carbonyl (C=O) groups is 2. The van der Waals surface area contributed by atoms with E-state index in [-0.39, 0.29) is 23.1 Å². The summed E-state index contributed by atoms with van der Waals surface area (Å²) in [4.78, 5) is 26.7. The molecule has 268 valence electrons. The van der Waals surface area contributed by atoms with Gasteiger partial charge in [-0.1, -0.05) is 125 Å². The molecule has 0 saturated carbocycles. The molecule has 0 spiro atoms. The first-order valence-corrected chi connectivity index (χ1v) is 18.4. The number of nitrogens with one attached hydrogen (secondary N) is 2. The van der Waals surface area contributed by atoms with Crippen molar-refractivity contribution in [2.75, 3.05) is 26.6 Å². The standard InChI is InChI=1S/C42H54N2O6/c1-2-3-4-5-6-7-8-9-10-17-27-48-34-22-19-23-35(29-34)49-28-18-16-26-43-42(47)39-30-38(41(46)44-31-33-20-12-11-13-21-33)36-24-14-15-25-37(36)40(39)50-32-45/h11-15,19-25,29-30,45H,2-10,16-18,26-28,31-32H2,1H3,(H,43,47)(H,44,46). The Bertz CT molecular complexity index is 1590. The molecule has 0 aliphatic heterocycles. The number of aliphatic hydroxyl groups excluding tert-OH is 1. The highest BCUT2D eigenvalue weighted by atomic mass is 16.6. The van der Waals surface area contributed by atoms with Crippen molar-refractivity contribution >= 4 is 22.6 Å². The van der Waals surface area contributed by atoms with Crippen LogP contribution in [-0.4, -0.2) is 43.5 Å². The third-order valence-electron chi connectivity index (χ3n) is 8.69. The molecule has 4 aromatic rings. The predicted octanol–water partition coefficient (Wildman–Crippen LogP) is 8.99. The molecule has 4 rings (SSSR count). The molecular formula is C42H54N2O6. The fraction of sp³-hybridized carbons (Fsp3) is 0.429. The van der Waals surface area contributed by atoms with Gasteiger partial charge in [0.1, 0.15) is 17.2 Å². The van der Waals surface area contributed by atoms with Crippen molar-refractivity contribution < 1.29 is 28.9 Å². The largest absolute Gasteiger partial charge is 0.493 e. The number of fused-ring (bicyclic) bond motifs is 1. The van der Waals surface area contributed by atoms with Crippen molar-refractivity contribution in [3.63, 3.8) is 0 Å². The van der Waals surface area contributed by atoms with E-state index in [4.69, 9.17) is 14.2 Å². The molecule has 8 nitrogen and oxygen atoms in total. The highest BCUT2D eigenvalue weighted by molar-refractivity contribution is 6.13. The van der Waals surface area contributed by atoms with Gasteiger partial charge in [0.15, 0.2) is 6.79 Å². The summed E-state index contributed by atoms with van der Waals surface area (Å²) in [5, 5.41) is 16.7. The maximum absolute atomic E-state index is 13.4. The lowest BCUT2D eigenvalue weighted by molar-refractivity contribution is 0.0900. The fourth-order valence-corrected chi connectivity index (χ4v) is 5.95. The quantitative estimate of drug-likeness (QED) is 0.0503. The van der Waals surface area contributed by atoms with Crippen molar-refractivity contribution in [1.82, 2.24) is 10.6 Å². The van der Waals surface area contributed by atoms with Crippen LogP contribution in [0.1, 0.15) is 110 Å². The van der Waals surface area contributed by atoms with Gasteiger partial charge in [0.25, 0.3) is 11.8 Å². The lowest BCUT2D eigenvalue weighted by Crippen LogP contribution is -2.27. The van der Waals surface area contributed by atoms with Gasteiger partial charge in [0.05, 0.1) is 18.8 Å². The van der Waals surface area contributed by atoms with Crippen LogP contribution >= 0.6 is 0 Å². The Balaban J connectivity index is 1.20. The van der Waals surface area contributed by atoms with Gasteiger partial charge in [0.2, 0.25) is 0 Å². The van der Waals surface area contributed by atoms with Gasteiger partial charge in [-0.05, 0) is 48.4 Å². The Morgan fingerprint density at radius 1 is 0.580 bits per heavy atom. The smallest absolute Gasteiger partial charge is 0.255 e. The molecule has 0 atom stereocenters. The maximum Gasteiger partial charge on any atom is 0.255 e. The minimum Gasteiger partial charge on any atom is -0.493 e. The summed E-state index contributed by atoms with van der Waals surface area (Å²) in [6.45, 7) is 3.62. The van der Waals surface area contributed by atoms with Gasteiger partial charge in [-0.2, -0.15) is 0 Å². The molecule has 0 bridgehead atoms. The Kier molecular flexibility index (Phi) is 17.0. The number of unbranched alkanes of at least 4 members (excludes halogenated alkanes) is 10. The Hall–Kier alpha value is -4.56. The number of amides is 2. The predicted molar refractivity (Wildman–Crippen MR) is 200 cm³/mol. The Morgan fingerprint density at radius 2 is 1.16 bits per heavy atom. The number of rotatable bonds is 24. The summed E-state index contributed by atoms with van der Waals surface area (Å²) in [7, 11) is 0. The second-order valence-electron chi connectivity index (χ2n) is 12.6. The zero-order valence-corrected chi connectivity index (χ0v) is 29.6. The van der Waals surface area contributed by atoms with E-state index in [0.717, 1.165) is 29.9 Å². The highest BCUT2D eigenvalue weighted by Gasteiger charge is 2.21. The number of ether oxygens (including phenoxy) is 3. The van der Waals surface area contributed by atoms with Crippen LogP contribution in [0.2, 0.25) is 0 Å². The van der Waals surface area contributed by atoms with E-state index < -0.39 is 6.79 Å². The van der Waals surface area contributed by atoms with Crippen LogP contribution in [0.5, 0.6) is 17.2 Å². The monoisotopic (exact) mass is 682 g/mol. The molecule has 50 heavy (non-hydrogen) atoms. The third kappa shape index (κ3) is 12.7. The molecule has 8 heteroatoms. The Morgan fingerprint density at radius 3 is 1.82 bits per heavy atom. The van der Waals surface area contributed by atoms with Crippen LogP contribution in [0.4, 0.5) is 0 Å². The molecule has 4 aromatic carbocycles. The van der Waals surface area contributed by atoms with Crippen molar-refractivity contribution in [2.24, 2.45) is 0 Å². The van der Waals surface area contributed by atoms with Gasteiger partial charge in [-0.15, -0.1) is 0 Å². The maximum atomic E-state index is 13.4. The van der Waals surface area contributed by atoms with E-state index in [1.807, 2.05) is 60.7 Å². The molecule has 0 heterocycles. The number of aliphatic hydroxyl groups is 1. The lowest BCUT2D eigenvalue weighted by atomic mass is 9.98. The molecule has 2 amide bonds. The number of carbonyl (C=O) groups excluding carboxylic acids is 2. The minimum absolute atomic E-state index is 0.188. The fourth-order valence-electron chi connectivity index (χ4n) is 5.95. The summed E-state index contributed by atoms with van der Waals surface area (Å²) in [5.74, 6) is 1.12. The zero-order chi connectivity index (χ0) is 35.2. The van der Waals surface area contributed by atoms with E-state index >= 15 is 0 Å². The molecule has 0 aromatic heterocycles. The minimum atomic E-state index is -0.604. The van der Waals surface area contributed by atoms with Crippen LogP contribution in [0.15, 0.2) is 84.9 Å². The number of benzene rings is 4. The van der Waals surface area contributed by atoms with Gasteiger partial charge >= 0.3 is 0 Å². The van der Waals surface area contributed by atoms with Crippen LogP contribution in [0.25, 0.3) is 10.8 Å². The average Bonchev–Trinajstić information content (AvgIpc) is 3.15. The van der Waals surface area contributed by atoms with E-state index in [2.05, 4.69) is 17.6 Å². The first kappa shape index (κ1) is 38.2. The first-order chi connectivity index (χ1) is 24.6. The van der Waals surface area contributed by atoms with Crippen molar-refractivity contribution in [3.05, 3.63) is 102 Å². The highest BCUT2D eigenvalue weighted by Crippen LogP contribution is 2.33. The van der Waals surface area contributed by atoms with Crippen molar-refractivity contribution in [3.8, 4) is 17.2 Å². The molecule has 0 unspecified atom stereocenters. The van der Waals surface area contributed by atoms with E-state index in [0.29, 0.717) is 49.1 Å². The summed E-state index contributed by atoms with van der Waals surface area (Å²) in [6.07, 6.45) is 14.4. The number of hydrogen-bond acceptors (Lipinski definition) is 6. The lowest BCUT2D eigenvalue weighted by Gasteiger charge is -2.16. The van der Waals surface area contributed by atoms with E-state index in [1.54, 1.807) is 18.2 Å². The second-order valence-corrected chi connectivity index (χ2v) is 12.6. The molecule has 3 N–H and O–H groups in total. The average molecular weight is 683 g/mol.